The van der Waals surface area contributed by atoms with E-state index in [9.17, 15) is 19.2 Å². The summed E-state index contributed by atoms with van der Waals surface area (Å²) in [6.45, 7) is 4.93. The largest absolute Gasteiger partial charge is 0.459 e. The van der Waals surface area contributed by atoms with E-state index >= 15 is 0 Å². The number of halogens is 1. The lowest BCUT2D eigenvalue weighted by Gasteiger charge is -2.16. The van der Waals surface area contributed by atoms with Gasteiger partial charge in [-0.3, -0.25) is 14.4 Å². The van der Waals surface area contributed by atoms with Crippen LogP contribution >= 0.6 is 11.6 Å². The Morgan fingerprint density at radius 2 is 1.50 bits per heavy atom. The fraction of sp³-hybridized carbons (Fsp3) is 0.182. The summed E-state index contributed by atoms with van der Waals surface area (Å²) < 4.78 is 5.12. The number of ketones is 1. The minimum absolute atomic E-state index is 0.0689. The number of nitrogens with one attached hydrogen (secondary N) is 1. The highest BCUT2D eigenvalue weighted by Gasteiger charge is 2.39. The van der Waals surface area contributed by atoms with E-state index in [-0.39, 0.29) is 28.3 Å². The number of rotatable bonds is 6. The Bertz CT molecular complexity index is 1060. The van der Waals surface area contributed by atoms with Crippen LogP contribution in [0.1, 0.15) is 41.5 Å². The van der Waals surface area contributed by atoms with Crippen molar-refractivity contribution in [2.24, 2.45) is 0 Å². The predicted octanol–water partition coefficient (Wildman–Crippen LogP) is 3.89. The number of carbonyl (C=O) groups is 4. The third-order valence-electron chi connectivity index (χ3n) is 4.29. The van der Waals surface area contributed by atoms with Crippen LogP contribution in [0.25, 0.3) is 0 Å². The molecule has 1 aliphatic heterocycles. The number of nitrogens with zero attached hydrogens (tertiary/aromatic N) is 1. The number of hydrogen-bond donors (Lipinski definition) is 1. The molecule has 7 nitrogen and oxygen atoms in total. The maximum absolute atomic E-state index is 12.8. The van der Waals surface area contributed by atoms with Gasteiger partial charge in [0.1, 0.15) is 10.7 Å². The molecule has 0 aromatic heterocycles. The van der Waals surface area contributed by atoms with Crippen LogP contribution in [-0.2, 0) is 14.3 Å². The Balaban J connectivity index is 1.79. The average molecular weight is 427 g/mol. The molecule has 1 heterocycles. The Labute approximate surface area is 178 Å². The maximum atomic E-state index is 12.8. The van der Waals surface area contributed by atoms with Gasteiger partial charge in [-0.2, -0.15) is 0 Å². The second-order valence-corrected chi connectivity index (χ2v) is 7.27. The molecule has 0 saturated carbocycles. The maximum Gasteiger partial charge on any atom is 0.338 e. The fourth-order valence-electron chi connectivity index (χ4n) is 2.81. The minimum atomic E-state index is -0.679. The first-order chi connectivity index (χ1) is 14.2. The summed E-state index contributed by atoms with van der Waals surface area (Å²) in [4.78, 5) is 49.7. The minimum Gasteiger partial charge on any atom is -0.459 e. The molecule has 30 heavy (non-hydrogen) atoms. The molecule has 2 amide bonds. The topological polar surface area (TPSA) is 92.8 Å². The first-order valence-corrected chi connectivity index (χ1v) is 9.54. The molecule has 2 aromatic carbocycles. The van der Waals surface area contributed by atoms with Gasteiger partial charge in [-0.1, -0.05) is 11.6 Å². The van der Waals surface area contributed by atoms with Crippen molar-refractivity contribution in [3.63, 3.8) is 0 Å². The molecule has 0 spiro atoms. The van der Waals surface area contributed by atoms with Gasteiger partial charge in [0.25, 0.3) is 11.8 Å². The summed E-state index contributed by atoms with van der Waals surface area (Å²) in [5.74, 6) is -1.89. The van der Waals surface area contributed by atoms with Gasteiger partial charge in [-0.05, 0) is 69.3 Å². The number of imide groups is 1. The van der Waals surface area contributed by atoms with Crippen molar-refractivity contribution in [3.8, 4) is 0 Å². The van der Waals surface area contributed by atoms with E-state index in [0.717, 1.165) is 4.90 Å². The zero-order chi connectivity index (χ0) is 22.0. The van der Waals surface area contributed by atoms with E-state index in [1.54, 1.807) is 38.1 Å². The molecule has 0 radical (unpaired) electrons. The van der Waals surface area contributed by atoms with Crippen LogP contribution in [0.5, 0.6) is 0 Å². The van der Waals surface area contributed by atoms with Crippen LogP contribution in [-0.4, -0.2) is 29.7 Å². The summed E-state index contributed by atoms with van der Waals surface area (Å²) in [6, 6.07) is 12.3. The molecular formula is C22H19ClN2O5. The molecule has 0 atom stereocenters. The number of hydrogen-bond acceptors (Lipinski definition) is 6. The molecular weight excluding hydrogens is 408 g/mol. The van der Waals surface area contributed by atoms with Crippen LogP contribution in [0.3, 0.4) is 0 Å². The van der Waals surface area contributed by atoms with E-state index in [0.29, 0.717) is 16.8 Å². The quantitative estimate of drug-likeness (QED) is 0.428. The van der Waals surface area contributed by atoms with Gasteiger partial charge < -0.3 is 10.1 Å². The molecule has 154 valence electrons. The second-order valence-electron chi connectivity index (χ2n) is 6.89. The van der Waals surface area contributed by atoms with Crippen molar-refractivity contribution in [2.45, 2.75) is 26.9 Å². The van der Waals surface area contributed by atoms with E-state index < -0.39 is 17.8 Å². The van der Waals surface area contributed by atoms with Crippen LogP contribution in [0, 0.1) is 0 Å². The molecule has 0 aliphatic carbocycles. The van der Waals surface area contributed by atoms with E-state index in [2.05, 4.69) is 5.32 Å². The molecule has 0 fully saturated rings. The SMILES string of the molecule is CC(=O)c1ccc(NC2=C(Cl)C(=O)N(c3ccc(C(=O)OC(C)C)cc3)C2=O)cc1. The zero-order valence-corrected chi connectivity index (χ0v) is 17.3. The highest BCUT2D eigenvalue weighted by atomic mass is 35.5. The van der Waals surface area contributed by atoms with Gasteiger partial charge in [0.15, 0.2) is 5.78 Å². The standard InChI is InChI=1S/C22H19ClN2O5/c1-12(2)30-22(29)15-6-10-17(11-7-15)25-20(27)18(23)19(21(25)28)24-16-8-4-14(5-9-16)13(3)26/h4-12,24H,1-3H3. The number of anilines is 2. The van der Waals surface area contributed by atoms with Gasteiger partial charge in [-0.25, -0.2) is 9.69 Å². The van der Waals surface area contributed by atoms with Crippen molar-refractivity contribution < 1.29 is 23.9 Å². The number of esters is 1. The molecule has 0 bridgehead atoms. The Morgan fingerprint density at radius 1 is 0.933 bits per heavy atom. The predicted molar refractivity (Wildman–Crippen MR) is 112 cm³/mol. The first kappa shape index (κ1) is 21.3. The molecule has 0 saturated heterocycles. The lowest BCUT2D eigenvalue weighted by atomic mass is 10.1. The number of carbonyl (C=O) groups excluding carboxylic acids is 4. The molecule has 1 N–H and O–H groups in total. The molecule has 0 unspecified atom stereocenters. The monoisotopic (exact) mass is 426 g/mol. The lowest BCUT2D eigenvalue weighted by molar-refractivity contribution is -0.120. The van der Waals surface area contributed by atoms with Gasteiger partial charge in [0.05, 0.1) is 17.4 Å². The van der Waals surface area contributed by atoms with Crippen molar-refractivity contribution >= 4 is 46.5 Å². The summed E-state index contributed by atoms with van der Waals surface area (Å²) in [5.41, 5.74) is 1.53. The summed E-state index contributed by atoms with van der Waals surface area (Å²) in [6.07, 6.45) is -0.264. The van der Waals surface area contributed by atoms with Crippen molar-refractivity contribution in [3.05, 3.63) is 70.4 Å². The summed E-state index contributed by atoms with van der Waals surface area (Å²) in [7, 11) is 0. The highest BCUT2D eigenvalue weighted by molar-refractivity contribution is 6.53. The van der Waals surface area contributed by atoms with Crippen LogP contribution in [0.2, 0.25) is 0 Å². The normalized spacial score (nSPS) is 13.8. The molecule has 2 aromatic rings. The molecule has 3 rings (SSSR count). The van der Waals surface area contributed by atoms with Crippen LogP contribution in [0.15, 0.2) is 59.3 Å². The summed E-state index contributed by atoms with van der Waals surface area (Å²) >= 11 is 6.12. The van der Waals surface area contributed by atoms with E-state index in [1.165, 1.54) is 31.2 Å². The number of ether oxygens (including phenoxy) is 1. The van der Waals surface area contributed by atoms with Gasteiger partial charge in [-0.15, -0.1) is 0 Å². The van der Waals surface area contributed by atoms with Crippen LogP contribution < -0.4 is 10.2 Å². The fourth-order valence-corrected chi connectivity index (χ4v) is 3.02. The van der Waals surface area contributed by atoms with Crippen molar-refractivity contribution in [1.82, 2.24) is 0 Å². The Morgan fingerprint density at radius 3 is 2.03 bits per heavy atom. The average Bonchev–Trinajstić information content (AvgIpc) is 2.91. The number of benzene rings is 2. The zero-order valence-electron chi connectivity index (χ0n) is 16.6. The molecule has 8 heteroatoms. The van der Waals surface area contributed by atoms with E-state index in [1.807, 2.05) is 0 Å². The van der Waals surface area contributed by atoms with Crippen molar-refractivity contribution in [2.75, 3.05) is 10.2 Å². The van der Waals surface area contributed by atoms with Crippen molar-refractivity contribution in [1.29, 1.82) is 0 Å². The summed E-state index contributed by atoms with van der Waals surface area (Å²) in [5, 5.41) is 2.59. The highest BCUT2D eigenvalue weighted by Crippen LogP contribution is 2.30. The Kier molecular flexibility index (Phi) is 6.03. The van der Waals surface area contributed by atoms with E-state index in [4.69, 9.17) is 16.3 Å². The number of amides is 2. The lowest BCUT2D eigenvalue weighted by Crippen LogP contribution is -2.32. The third-order valence-corrected chi connectivity index (χ3v) is 4.64. The Hall–Kier alpha value is -3.45. The molecule has 1 aliphatic rings. The van der Waals surface area contributed by atoms with Crippen LogP contribution in [0.4, 0.5) is 11.4 Å². The van der Waals surface area contributed by atoms with Gasteiger partial charge in [0, 0.05) is 11.3 Å². The smallest absolute Gasteiger partial charge is 0.338 e. The first-order valence-electron chi connectivity index (χ1n) is 9.16. The third kappa shape index (κ3) is 4.26. The van der Waals surface area contributed by atoms with Gasteiger partial charge >= 0.3 is 5.97 Å². The van der Waals surface area contributed by atoms with Gasteiger partial charge in [0.2, 0.25) is 0 Å². The number of Topliss-reactive ketones (excluding diaryl/α,β-unsaturated/α-hetero) is 1. The second kappa shape index (κ2) is 8.51.